The SMILES string of the molecule is NC(=O)c1ncc(N)cc1C(F)F. The van der Waals surface area contributed by atoms with E-state index in [0.29, 0.717) is 0 Å². The minimum absolute atomic E-state index is 0.0697. The summed E-state index contributed by atoms with van der Waals surface area (Å²) in [5.41, 5.74) is 9.14. The third-order valence-corrected chi connectivity index (χ3v) is 1.41. The van der Waals surface area contributed by atoms with Crippen molar-refractivity contribution in [2.24, 2.45) is 5.73 Å². The van der Waals surface area contributed by atoms with Crippen LogP contribution < -0.4 is 11.5 Å². The van der Waals surface area contributed by atoms with E-state index in [2.05, 4.69) is 4.98 Å². The van der Waals surface area contributed by atoms with E-state index in [1.54, 1.807) is 0 Å². The van der Waals surface area contributed by atoms with Crippen LogP contribution in [0, 0.1) is 0 Å². The number of primary amides is 1. The summed E-state index contributed by atoms with van der Waals surface area (Å²) in [4.78, 5) is 14.0. The zero-order valence-corrected chi connectivity index (χ0v) is 6.50. The zero-order valence-electron chi connectivity index (χ0n) is 6.50. The van der Waals surface area contributed by atoms with Gasteiger partial charge in [0.1, 0.15) is 5.69 Å². The number of nitrogens with zero attached hydrogens (tertiary/aromatic N) is 1. The van der Waals surface area contributed by atoms with E-state index in [1.807, 2.05) is 0 Å². The molecule has 0 aliphatic rings. The maximum absolute atomic E-state index is 12.3. The van der Waals surface area contributed by atoms with E-state index in [4.69, 9.17) is 11.5 Å². The van der Waals surface area contributed by atoms with Crippen molar-refractivity contribution in [3.8, 4) is 0 Å². The molecule has 0 bridgehead atoms. The lowest BCUT2D eigenvalue weighted by Crippen LogP contribution is -2.16. The van der Waals surface area contributed by atoms with Gasteiger partial charge >= 0.3 is 0 Å². The number of pyridine rings is 1. The van der Waals surface area contributed by atoms with Gasteiger partial charge < -0.3 is 11.5 Å². The van der Waals surface area contributed by atoms with Crippen molar-refractivity contribution in [1.82, 2.24) is 4.98 Å². The number of rotatable bonds is 2. The average Bonchev–Trinajstić information content (AvgIpc) is 2.03. The van der Waals surface area contributed by atoms with Gasteiger partial charge in [0.05, 0.1) is 17.4 Å². The van der Waals surface area contributed by atoms with Gasteiger partial charge in [-0.2, -0.15) is 0 Å². The molecule has 0 aliphatic carbocycles. The van der Waals surface area contributed by atoms with Gasteiger partial charge in [0.15, 0.2) is 0 Å². The van der Waals surface area contributed by atoms with Gasteiger partial charge in [0.2, 0.25) is 0 Å². The van der Waals surface area contributed by atoms with Gasteiger partial charge in [-0.15, -0.1) is 0 Å². The Labute approximate surface area is 72.6 Å². The summed E-state index contributed by atoms with van der Waals surface area (Å²) in [7, 11) is 0. The summed E-state index contributed by atoms with van der Waals surface area (Å²) in [5, 5.41) is 0. The lowest BCUT2D eigenvalue weighted by atomic mass is 10.2. The van der Waals surface area contributed by atoms with Crippen molar-refractivity contribution < 1.29 is 13.6 Å². The zero-order chi connectivity index (χ0) is 10.0. The molecule has 1 aromatic rings. The van der Waals surface area contributed by atoms with Crippen molar-refractivity contribution in [1.29, 1.82) is 0 Å². The predicted octanol–water partition coefficient (Wildman–Crippen LogP) is 0.700. The van der Waals surface area contributed by atoms with Crippen LogP contribution in [0.1, 0.15) is 22.5 Å². The third-order valence-electron chi connectivity index (χ3n) is 1.41. The Morgan fingerprint density at radius 2 is 2.15 bits per heavy atom. The Kier molecular flexibility index (Phi) is 2.41. The molecule has 0 aromatic carbocycles. The number of amides is 1. The van der Waals surface area contributed by atoms with Crippen LogP contribution in [0.15, 0.2) is 12.3 Å². The van der Waals surface area contributed by atoms with Crippen LogP contribution in [0.25, 0.3) is 0 Å². The maximum atomic E-state index is 12.3. The highest BCUT2D eigenvalue weighted by atomic mass is 19.3. The molecule has 1 heterocycles. The predicted molar refractivity (Wildman–Crippen MR) is 42.1 cm³/mol. The van der Waals surface area contributed by atoms with Crippen LogP contribution in [0.3, 0.4) is 0 Å². The number of nitrogens with two attached hydrogens (primary N) is 2. The lowest BCUT2D eigenvalue weighted by Gasteiger charge is -2.04. The second-order valence-electron chi connectivity index (χ2n) is 2.37. The normalized spacial score (nSPS) is 10.4. The minimum atomic E-state index is -2.81. The van der Waals surface area contributed by atoms with E-state index in [0.717, 1.165) is 12.3 Å². The van der Waals surface area contributed by atoms with Gasteiger partial charge in [-0.05, 0) is 6.07 Å². The Morgan fingerprint density at radius 3 is 2.62 bits per heavy atom. The van der Waals surface area contributed by atoms with E-state index in [-0.39, 0.29) is 5.69 Å². The number of anilines is 1. The highest BCUT2D eigenvalue weighted by molar-refractivity contribution is 5.92. The molecule has 0 aliphatic heterocycles. The molecule has 6 heteroatoms. The fourth-order valence-corrected chi connectivity index (χ4v) is 0.871. The van der Waals surface area contributed by atoms with Crippen LogP contribution in [0.5, 0.6) is 0 Å². The topological polar surface area (TPSA) is 82.0 Å². The maximum Gasteiger partial charge on any atom is 0.267 e. The second kappa shape index (κ2) is 3.34. The van der Waals surface area contributed by atoms with Crippen molar-refractivity contribution in [2.75, 3.05) is 5.73 Å². The molecule has 0 fully saturated rings. The standard InChI is InChI=1S/C7H7F2N3O/c8-6(9)4-1-3(10)2-12-5(4)7(11)13/h1-2,6H,10H2,(H2,11,13). The van der Waals surface area contributed by atoms with Crippen LogP contribution in [0.4, 0.5) is 14.5 Å². The molecule has 1 rings (SSSR count). The summed E-state index contributed by atoms with van der Waals surface area (Å²) in [5.74, 6) is -0.990. The molecule has 1 aromatic heterocycles. The van der Waals surface area contributed by atoms with E-state index >= 15 is 0 Å². The molecule has 70 valence electrons. The van der Waals surface area contributed by atoms with Gasteiger partial charge in [0.25, 0.3) is 12.3 Å². The van der Waals surface area contributed by atoms with Crippen molar-refractivity contribution in [3.63, 3.8) is 0 Å². The summed E-state index contributed by atoms with van der Waals surface area (Å²) in [6.07, 6.45) is -1.70. The second-order valence-corrected chi connectivity index (χ2v) is 2.37. The molecule has 0 spiro atoms. The number of halogens is 2. The average molecular weight is 187 g/mol. The summed E-state index contributed by atoms with van der Waals surface area (Å²) in [6, 6.07) is 0.984. The molecule has 1 amide bonds. The molecule has 0 unspecified atom stereocenters. The fraction of sp³-hybridized carbons (Fsp3) is 0.143. The lowest BCUT2D eigenvalue weighted by molar-refractivity contribution is 0.0980. The first-order valence-electron chi connectivity index (χ1n) is 3.35. The Balaban J connectivity index is 3.26. The minimum Gasteiger partial charge on any atom is -0.397 e. The Morgan fingerprint density at radius 1 is 1.54 bits per heavy atom. The smallest absolute Gasteiger partial charge is 0.267 e. The van der Waals surface area contributed by atoms with E-state index in [1.165, 1.54) is 0 Å². The molecule has 4 nitrogen and oxygen atoms in total. The van der Waals surface area contributed by atoms with Gasteiger partial charge in [-0.25, -0.2) is 13.8 Å². The number of nitrogen functional groups attached to an aromatic ring is 1. The quantitative estimate of drug-likeness (QED) is 0.714. The number of aromatic nitrogens is 1. The number of carbonyl (C=O) groups excluding carboxylic acids is 1. The van der Waals surface area contributed by atoms with Crippen molar-refractivity contribution in [3.05, 3.63) is 23.5 Å². The highest BCUT2D eigenvalue weighted by Crippen LogP contribution is 2.22. The number of hydrogen-bond acceptors (Lipinski definition) is 3. The first kappa shape index (κ1) is 9.37. The van der Waals surface area contributed by atoms with Gasteiger partial charge in [-0.1, -0.05) is 0 Å². The molecular formula is C7H7F2N3O. The van der Waals surface area contributed by atoms with Gasteiger partial charge in [0, 0.05) is 0 Å². The Bertz CT molecular complexity index is 341. The van der Waals surface area contributed by atoms with Crippen molar-refractivity contribution in [2.45, 2.75) is 6.43 Å². The fourth-order valence-electron chi connectivity index (χ4n) is 0.871. The number of hydrogen-bond donors (Lipinski definition) is 2. The third kappa shape index (κ3) is 1.90. The van der Waals surface area contributed by atoms with E-state index < -0.39 is 23.6 Å². The number of carbonyl (C=O) groups is 1. The Hall–Kier alpha value is -1.72. The van der Waals surface area contributed by atoms with Crippen LogP contribution in [-0.4, -0.2) is 10.9 Å². The molecule has 0 saturated heterocycles. The van der Waals surface area contributed by atoms with E-state index in [9.17, 15) is 13.6 Å². The summed E-state index contributed by atoms with van der Waals surface area (Å²) < 4.78 is 24.5. The molecule has 0 saturated carbocycles. The van der Waals surface area contributed by atoms with Crippen LogP contribution in [-0.2, 0) is 0 Å². The van der Waals surface area contributed by atoms with Crippen molar-refractivity contribution >= 4 is 11.6 Å². The number of alkyl halides is 2. The van der Waals surface area contributed by atoms with Gasteiger partial charge in [-0.3, -0.25) is 4.79 Å². The first-order chi connectivity index (χ1) is 6.02. The van der Waals surface area contributed by atoms with Crippen LogP contribution in [0.2, 0.25) is 0 Å². The highest BCUT2D eigenvalue weighted by Gasteiger charge is 2.17. The first-order valence-corrected chi connectivity index (χ1v) is 3.35. The summed E-state index contributed by atoms with van der Waals surface area (Å²) in [6.45, 7) is 0. The molecule has 0 atom stereocenters. The molecule has 13 heavy (non-hydrogen) atoms. The monoisotopic (exact) mass is 187 g/mol. The molecule has 0 radical (unpaired) electrons. The summed E-state index contributed by atoms with van der Waals surface area (Å²) >= 11 is 0. The molecule has 4 N–H and O–H groups in total. The van der Waals surface area contributed by atoms with Crippen LogP contribution >= 0.6 is 0 Å². The largest absolute Gasteiger partial charge is 0.397 e. The molecular weight excluding hydrogens is 180 g/mol.